The van der Waals surface area contributed by atoms with Gasteiger partial charge < -0.3 is 10.4 Å². The lowest BCUT2D eigenvalue weighted by atomic mass is 10.1. The van der Waals surface area contributed by atoms with Crippen molar-refractivity contribution in [3.8, 4) is 0 Å². The monoisotopic (exact) mass is 365 g/mol. The Morgan fingerprint density at radius 3 is 2.76 bits per heavy atom. The number of hydrogen-bond donors (Lipinski definition) is 2. The zero-order chi connectivity index (χ0) is 17.2. The number of amides is 1. The molecule has 3 heterocycles. The van der Waals surface area contributed by atoms with Crippen LogP contribution in [0.15, 0.2) is 0 Å². The van der Waals surface area contributed by atoms with Gasteiger partial charge >= 0.3 is 0 Å². The molecule has 3 aliphatic rings. The lowest BCUT2D eigenvalue weighted by Crippen LogP contribution is -2.45. The van der Waals surface area contributed by atoms with Crippen LogP contribution in [0.2, 0.25) is 0 Å². The van der Waals surface area contributed by atoms with Crippen LogP contribution in [0.4, 0.5) is 5.13 Å². The van der Waals surface area contributed by atoms with Crippen molar-refractivity contribution >= 4 is 22.4 Å². The van der Waals surface area contributed by atoms with Gasteiger partial charge in [-0.1, -0.05) is 17.8 Å². The number of likely N-dealkylation sites (tertiary alicyclic amines) is 2. The van der Waals surface area contributed by atoms with Gasteiger partial charge in [0.15, 0.2) is 0 Å². The Kier molecular flexibility index (Phi) is 5.30. The molecule has 1 aliphatic carbocycles. The van der Waals surface area contributed by atoms with Crippen LogP contribution in [0.25, 0.3) is 0 Å². The number of rotatable bonds is 6. The van der Waals surface area contributed by atoms with Crippen molar-refractivity contribution in [3.63, 3.8) is 0 Å². The lowest BCUT2D eigenvalue weighted by molar-refractivity contribution is -0.116. The Morgan fingerprint density at radius 1 is 1.20 bits per heavy atom. The van der Waals surface area contributed by atoms with Crippen LogP contribution >= 0.6 is 11.3 Å². The molecule has 7 nitrogen and oxygen atoms in total. The maximum Gasteiger partial charge on any atom is 0.227 e. The van der Waals surface area contributed by atoms with Gasteiger partial charge in [0.1, 0.15) is 5.01 Å². The fourth-order valence-corrected chi connectivity index (χ4v) is 4.79. The molecular formula is C17H27N5O2S. The van der Waals surface area contributed by atoms with E-state index in [0.717, 1.165) is 24.6 Å². The summed E-state index contributed by atoms with van der Waals surface area (Å²) >= 11 is 1.50. The molecule has 3 fully saturated rings. The number of aliphatic hydroxyl groups is 1. The summed E-state index contributed by atoms with van der Waals surface area (Å²) in [6.45, 7) is 4.40. The normalized spacial score (nSPS) is 28.4. The number of piperidine rings is 1. The van der Waals surface area contributed by atoms with Gasteiger partial charge in [-0.25, -0.2) is 0 Å². The maximum atomic E-state index is 12.2. The third kappa shape index (κ3) is 4.36. The topological polar surface area (TPSA) is 81.6 Å². The third-order valence-corrected chi connectivity index (χ3v) is 6.46. The maximum absolute atomic E-state index is 12.2. The van der Waals surface area contributed by atoms with Crippen molar-refractivity contribution in [1.29, 1.82) is 0 Å². The van der Waals surface area contributed by atoms with E-state index in [2.05, 4.69) is 25.3 Å². The van der Waals surface area contributed by atoms with Crippen LogP contribution in [0.1, 0.15) is 49.5 Å². The van der Waals surface area contributed by atoms with Crippen molar-refractivity contribution in [2.24, 2.45) is 0 Å². The number of aromatic nitrogens is 2. The van der Waals surface area contributed by atoms with E-state index in [9.17, 15) is 9.90 Å². The standard InChI is InChI=1S/C17H27N5O2S/c23-14-11-21(10-13(14)22-7-2-1-3-8-22)9-6-15(24)18-17-20-19-16(25-17)12-4-5-12/h12-14,23H,1-11H2,(H,18,20,24)/t13-,14-/m1/s1. The first-order valence-electron chi connectivity index (χ1n) is 9.47. The summed E-state index contributed by atoms with van der Waals surface area (Å²) in [6.07, 6.45) is 6.28. The molecule has 0 aromatic carbocycles. The molecule has 2 atom stereocenters. The number of carbonyl (C=O) groups excluding carboxylic acids is 1. The molecule has 1 aromatic heterocycles. The number of carbonyl (C=O) groups is 1. The molecule has 2 saturated heterocycles. The quantitative estimate of drug-likeness (QED) is 0.790. The number of anilines is 1. The van der Waals surface area contributed by atoms with Gasteiger partial charge in [0.05, 0.1) is 6.10 Å². The van der Waals surface area contributed by atoms with Gasteiger partial charge in [-0.2, -0.15) is 0 Å². The van der Waals surface area contributed by atoms with E-state index < -0.39 is 0 Å². The zero-order valence-electron chi connectivity index (χ0n) is 14.6. The highest BCUT2D eigenvalue weighted by atomic mass is 32.1. The number of nitrogens with one attached hydrogen (secondary N) is 1. The van der Waals surface area contributed by atoms with Gasteiger partial charge in [0, 0.05) is 38.0 Å². The molecule has 138 valence electrons. The Balaban J connectivity index is 1.21. The molecule has 0 spiro atoms. The van der Waals surface area contributed by atoms with Crippen molar-refractivity contribution < 1.29 is 9.90 Å². The molecule has 0 radical (unpaired) electrons. The first-order chi connectivity index (χ1) is 12.2. The van der Waals surface area contributed by atoms with Crippen molar-refractivity contribution in [2.45, 2.75) is 56.6 Å². The minimum Gasteiger partial charge on any atom is -0.390 e. The molecule has 1 saturated carbocycles. The fraction of sp³-hybridized carbons (Fsp3) is 0.824. The van der Waals surface area contributed by atoms with Crippen LogP contribution in [0.5, 0.6) is 0 Å². The molecule has 0 bridgehead atoms. The molecule has 0 unspecified atom stereocenters. The molecule has 4 rings (SSSR count). The molecule has 1 amide bonds. The van der Waals surface area contributed by atoms with Crippen LogP contribution in [0.3, 0.4) is 0 Å². The highest BCUT2D eigenvalue weighted by Gasteiger charge is 2.35. The number of β-amino-alcohol motifs (C(OH)–C–C–N with tert-alkyl or cyclic N) is 1. The summed E-state index contributed by atoms with van der Waals surface area (Å²) in [7, 11) is 0. The Morgan fingerprint density at radius 2 is 2.00 bits per heavy atom. The molecular weight excluding hydrogens is 338 g/mol. The molecule has 2 aliphatic heterocycles. The van der Waals surface area contributed by atoms with E-state index in [4.69, 9.17) is 0 Å². The zero-order valence-corrected chi connectivity index (χ0v) is 15.4. The first-order valence-corrected chi connectivity index (χ1v) is 10.3. The highest BCUT2D eigenvalue weighted by molar-refractivity contribution is 7.15. The lowest BCUT2D eigenvalue weighted by Gasteiger charge is -2.33. The number of hydrogen-bond acceptors (Lipinski definition) is 7. The second-order valence-corrected chi connectivity index (χ2v) is 8.52. The van der Waals surface area contributed by atoms with E-state index in [1.165, 1.54) is 43.4 Å². The highest BCUT2D eigenvalue weighted by Crippen LogP contribution is 2.42. The minimum absolute atomic E-state index is 0.0191. The summed E-state index contributed by atoms with van der Waals surface area (Å²) in [5.74, 6) is 0.551. The van der Waals surface area contributed by atoms with Gasteiger partial charge in [-0.05, 0) is 38.8 Å². The third-order valence-electron chi connectivity index (χ3n) is 5.46. The molecule has 8 heteroatoms. The predicted octanol–water partition coefficient (Wildman–Crippen LogP) is 1.28. The van der Waals surface area contributed by atoms with Crippen LogP contribution in [-0.2, 0) is 4.79 Å². The largest absolute Gasteiger partial charge is 0.390 e. The van der Waals surface area contributed by atoms with Crippen LogP contribution in [-0.4, -0.2) is 75.9 Å². The van der Waals surface area contributed by atoms with Gasteiger partial charge in [0.25, 0.3) is 0 Å². The SMILES string of the molecule is O=C(CCN1C[C@@H](O)[C@H](N2CCCCC2)C1)Nc1nnc(C2CC2)s1. The van der Waals surface area contributed by atoms with E-state index >= 15 is 0 Å². The summed E-state index contributed by atoms with van der Waals surface area (Å²) < 4.78 is 0. The first kappa shape index (κ1) is 17.3. The fourth-order valence-electron chi connectivity index (χ4n) is 3.86. The molecule has 2 N–H and O–H groups in total. The second-order valence-electron chi connectivity index (χ2n) is 7.51. The van der Waals surface area contributed by atoms with Crippen LogP contribution < -0.4 is 5.32 Å². The Bertz CT molecular complexity index is 600. The number of nitrogens with zero attached hydrogens (tertiary/aromatic N) is 4. The van der Waals surface area contributed by atoms with Crippen molar-refractivity contribution in [2.75, 3.05) is 38.0 Å². The Labute approximate surface area is 152 Å². The summed E-state index contributed by atoms with van der Waals surface area (Å²) in [6, 6.07) is 0.229. The van der Waals surface area contributed by atoms with E-state index in [1.807, 2.05) is 0 Å². The summed E-state index contributed by atoms with van der Waals surface area (Å²) in [5, 5.41) is 23.1. The summed E-state index contributed by atoms with van der Waals surface area (Å²) in [4.78, 5) is 16.8. The van der Waals surface area contributed by atoms with E-state index in [0.29, 0.717) is 30.6 Å². The predicted molar refractivity (Wildman–Crippen MR) is 96.8 cm³/mol. The van der Waals surface area contributed by atoms with Gasteiger partial charge in [0.2, 0.25) is 11.0 Å². The Hall–Kier alpha value is -1.09. The molecule has 25 heavy (non-hydrogen) atoms. The van der Waals surface area contributed by atoms with E-state index in [1.54, 1.807) is 0 Å². The van der Waals surface area contributed by atoms with Gasteiger partial charge in [-0.3, -0.25) is 14.6 Å². The number of aliphatic hydroxyl groups excluding tert-OH is 1. The molecule has 1 aromatic rings. The van der Waals surface area contributed by atoms with E-state index in [-0.39, 0.29) is 18.1 Å². The minimum atomic E-state index is -0.301. The van der Waals surface area contributed by atoms with Gasteiger partial charge in [-0.15, -0.1) is 10.2 Å². The van der Waals surface area contributed by atoms with Crippen molar-refractivity contribution in [1.82, 2.24) is 20.0 Å². The average Bonchev–Trinajstić information content (AvgIpc) is 3.26. The summed E-state index contributed by atoms with van der Waals surface area (Å²) in [5.41, 5.74) is 0. The van der Waals surface area contributed by atoms with Crippen LogP contribution in [0, 0.1) is 0 Å². The average molecular weight is 366 g/mol. The second kappa shape index (κ2) is 7.65. The van der Waals surface area contributed by atoms with Crippen molar-refractivity contribution in [3.05, 3.63) is 5.01 Å². The smallest absolute Gasteiger partial charge is 0.227 e.